The van der Waals surface area contributed by atoms with Gasteiger partial charge in [-0.15, -0.1) is 0 Å². The summed E-state index contributed by atoms with van der Waals surface area (Å²) in [5.74, 6) is -2.03. The third-order valence-electron chi connectivity index (χ3n) is 3.04. The number of sulfonamides is 1. The molecule has 0 radical (unpaired) electrons. The third kappa shape index (κ3) is 3.80. The van der Waals surface area contributed by atoms with E-state index in [-0.39, 0.29) is 4.90 Å². The van der Waals surface area contributed by atoms with Crippen LogP contribution in [0, 0.1) is 11.6 Å². The first-order valence-electron chi connectivity index (χ1n) is 6.76. The van der Waals surface area contributed by atoms with Crippen LogP contribution < -0.4 is 5.32 Å². The van der Waals surface area contributed by atoms with E-state index in [1.165, 1.54) is 12.1 Å². The fourth-order valence-electron chi connectivity index (χ4n) is 1.86. The van der Waals surface area contributed by atoms with Gasteiger partial charge in [-0.25, -0.2) is 17.2 Å². The van der Waals surface area contributed by atoms with Crippen LogP contribution in [0.15, 0.2) is 47.4 Å². The predicted octanol–water partition coefficient (Wildman–Crippen LogP) is 2.44. The SMILES string of the molecule is CC[NH2+]Cc1ccc(S(=O)(=O)[N-]c2c(F)cccc2F)cc1. The Hall–Kier alpha value is -1.99. The van der Waals surface area contributed by atoms with Gasteiger partial charge in [0.15, 0.2) is 0 Å². The summed E-state index contributed by atoms with van der Waals surface area (Å²) in [7, 11) is -4.16. The van der Waals surface area contributed by atoms with Gasteiger partial charge in [0.2, 0.25) is 0 Å². The third-order valence-corrected chi connectivity index (χ3v) is 4.33. The Kier molecular flexibility index (Phi) is 5.10. The maximum atomic E-state index is 13.5. The zero-order valence-corrected chi connectivity index (χ0v) is 12.8. The Bertz CT molecular complexity index is 726. The van der Waals surface area contributed by atoms with Crippen LogP contribution in [0.1, 0.15) is 12.5 Å². The van der Waals surface area contributed by atoms with Crippen molar-refractivity contribution in [2.24, 2.45) is 0 Å². The van der Waals surface area contributed by atoms with Gasteiger partial charge in [0, 0.05) is 5.56 Å². The van der Waals surface area contributed by atoms with Gasteiger partial charge >= 0.3 is 0 Å². The first-order chi connectivity index (χ1) is 10.4. The maximum Gasteiger partial charge on any atom is 0.123 e. The smallest absolute Gasteiger partial charge is 0.123 e. The molecule has 0 saturated heterocycles. The quantitative estimate of drug-likeness (QED) is 0.886. The van der Waals surface area contributed by atoms with E-state index in [9.17, 15) is 17.2 Å². The summed E-state index contributed by atoms with van der Waals surface area (Å²) in [5, 5.41) is 2.06. The van der Waals surface area contributed by atoms with Gasteiger partial charge < -0.3 is 10.0 Å². The Morgan fingerprint density at radius 2 is 1.64 bits per heavy atom. The lowest BCUT2D eigenvalue weighted by Gasteiger charge is -2.23. The summed E-state index contributed by atoms with van der Waals surface area (Å²) in [5.41, 5.74) is 0.156. The van der Waals surface area contributed by atoms with E-state index < -0.39 is 27.3 Å². The van der Waals surface area contributed by atoms with Gasteiger partial charge in [-0.2, -0.15) is 0 Å². The lowest BCUT2D eigenvalue weighted by atomic mass is 10.2. The number of quaternary nitrogens is 1. The van der Waals surface area contributed by atoms with Crippen molar-refractivity contribution in [3.05, 3.63) is 64.4 Å². The van der Waals surface area contributed by atoms with Crippen LogP contribution in [-0.4, -0.2) is 15.0 Å². The van der Waals surface area contributed by atoms with Crippen LogP contribution >= 0.6 is 0 Å². The normalized spacial score (nSPS) is 11.4. The van der Waals surface area contributed by atoms with Crippen molar-refractivity contribution in [2.45, 2.75) is 18.4 Å². The van der Waals surface area contributed by atoms with Crippen molar-refractivity contribution in [1.82, 2.24) is 0 Å². The molecule has 118 valence electrons. The standard InChI is InChI=1S/C15H15F2N2O2S/c1-2-18-10-11-6-8-12(9-7-11)22(20,21)19-15-13(16)4-3-5-14(15)17/h3-9,18H,2,10H2,1H3/q-1/p+1. The number of benzene rings is 2. The van der Waals surface area contributed by atoms with Crippen LogP contribution in [-0.2, 0) is 16.6 Å². The highest BCUT2D eigenvalue weighted by Crippen LogP contribution is 2.32. The molecule has 0 aliphatic carbocycles. The lowest BCUT2D eigenvalue weighted by molar-refractivity contribution is -0.667. The Balaban J connectivity index is 2.23. The van der Waals surface area contributed by atoms with Crippen molar-refractivity contribution in [3.8, 4) is 0 Å². The van der Waals surface area contributed by atoms with Crippen molar-refractivity contribution in [2.75, 3.05) is 6.54 Å². The largest absolute Gasteiger partial charge is 0.568 e. The molecule has 0 aliphatic heterocycles. The molecule has 0 aliphatic rings. The minimum Gasteiger partial charge on any atom is -0.568 e. The molecule has 0 heterocycles. The summed E-state index contributed by atoms with van der Waals surface area (Å²) < 4.78 is 54.5. The molecule has 7 heteroatoms. The van der Waals surface area contributed by atoms with E-state index in [0.29, 0.717) is 0 Å². The summed E-state index contributed by atoms with van der Waals surface area (Å²) in [6, 6.07) is 9.16. The highest BCUT2D eigenvalue weighted by molar-refractivity contribution is 7.94. The molecule has 0 spiro atoms. The molecule has 0 bridgehead atoms. The van der Waals surface area contributed by atoms with Gasteiger partial charge in [-0.3, -0.25) is 0 Å². The summed E-state index contributed by atoms with van der Waals surface area (Å²) in [6.45, 7) is 3.67. The molecule has 0 unspecified atom stereocenters. The van der Waals surface area contributed by atoms with E-state index in [0.717, 1.165) is 36.9 Å². The minimum absolute atomic E-state index is 0.101. The molecule has 2 rings (SSSR count). The average molecular weight is 326 g/mol. The van der Waals surface area contributed by atoms with Crippen molar-refractivity contribution < 1.29 is 22.5 Å². The van der Waals surface area contributed by atoms with Gasteiger partial charge in [-0.05, 0) is 31.2 Å². The van der Waals surface area contributed by atoms with Crippen LogP contribution in [0.3, 0.4) is 0 Å². The molecular formula is C15H16F2N2O2S. The van der Waals surface area contributed by atoms with Crippen LogP contribution in [0.5, 0.6) is 0 Å². The number of hydrogen-bond acceptors (Lipinski definition) is 2. The first-order valence-corrected chi connectivity index (χ1v) is 8.20. The molecule has 0 saturated carbocycles. The predicted molar refractivity (Wildman–Crippen MR) is 79.2 cm³/mol. The highest BCUT2D eigenvalue weighted by Gasteiger charge is 2.09. The Morgan fingerprint density at radius 3 is 2.18 bits per heavy atom. The van der Waals surface area contributed by atoms with Crippen LogP contribution in [0.25, 0.3) is 4.72 Å². The molecule has 2 aromatic carbocycles. The zero-order valence-electron chi connectivity index (χ0n) is 12.0. The van der Waals surface area contributed by atoms with E-state index in [1.54, 1.807) is 12.1 Å². The second kappa shape index (κ2) is 6.85. The van der Waals surface area contributed by atoms with Gasteiger partial charge in [0.25, 0.3) is 0 Å². The lowest BCUT2D eigenvalue weighted by Crippen LogP contribution is -2.81. The second-order valence-electron chi connectivity index (χ2n) is 4.68. The zero-order chi connectivity index (χ0) is 16.2. The van der Waals surface area contributed by atoms with Crippen molar-refractivity contribution in [1.29, 1.82) is 0 Å². The van der Waals surface area contributed by atoms with Crippen LogP contribution in [0.2, 0.25) is 0 Å². The first kappa shape index (κ1) is 16.4. The number of halogens is 2. The molecule has 22 heavy (non-hydrogen) atoms. The molecule has 4 nitrogen and oxygen atoms in total. The van der Waals surface area contributed by atoms with Crippen LogP contribution in [0.4, 0.5) is 14.5 Å². The molecule has 0 aromatic heterocycles. The highest BCUT2D eigenvalue weighted by atomic mass is 32.2. The molecular weight excluding hydrogens is 310 g/mol. The van der Waals surface area contributed by atoms with Gasteiger partial charge in [0.1, 0.15) is 28.2 Å². The minimum atomic E-state index is -4.16. The number of nitrogens with two attached hydrogens (primary N) is 1. The maximum absolute atomic E-state index is 13.5. The molecule has 0 fully saturated rings. The van der Waals surface area contributed by atoms with Gasteiger partial charge in [0.05, 0.1) is 11.4 Å². The topological polar surface area (TPSA) is 64.8 Å². The molecule has 2 aromatic rings. The number of nitrogens with zero attached hydrogens (tertiary/aromatic N) is 1. The number of hydrogen-bond donors (Lipinski definition) is 1. The molecule has 0 amide bonds. The summed E-state index contributed by atoms with van der Waals surface area (Å²) in [6.07, 6.45) is 0. The fourth-order valence-corrected chi connectivity index (χ4v) is 2.86. The van der Waals surface area contributed by atoms with Crippen molar-refractivity contribution in [3.63, 3.8) is 0 Å². The Morgan fingerprint density at radius 1 is 1.05 bits per heavy atom. The monoisotopic (exact) mass is 326 g/mol. The molecule has 0 atom stereocenters. The summed E-state index contributed by atoms with van der Waals surface area (Å²) >= 11 is 0. The van der Waals surface area contributed by atoms with E-state index in [4.69, 9.17) is 0 Å². The van der Waals surface area contributed by atoms with E-state index in [2.05, 4.69) is 10.0 Å². The number of rotatable bonds is 6. The average Bonchev–Trinajstić information content (AvgIpc) is 2.49. The van der Waals surface area contributed by atoms with Crippen molar-refractivity contribution >= 4 is 15.7 Å². The fraction of sp³-hybridized carbons (Fsp3) is 0.200. The Labute approximate surface area is 128 Å². The van der Waals surface area contributed by atoms with E-state index >= 15 is 0 Å². The van der Waals surface area contributed by atoms with Gasteiger partial charge in [-0.1, -0.05) is 23.9 Å². The molecule has 2 N–H and O–H groups in total. The van der Waals surface area contributed by atoms with E-state index in [1.807, 2.05) is 6.92 Å². The second-order valence-corrected chi connectivity index (χ2v) is 6.29. The summed E-state index contributed by atoms with van der Waals surface area (Å²) in [4.78, 5) is -0.101.